The Morgan fingerprint density at radius 3 is 2.42 bits per heavy atom. The maximum Gasteiger partial charge on any atom is 0.0426 e. The van der Waals surface area contributed by atoms with Gasteiger partial charge in [-0.25, -0.2) is 0 Å². The lowest BCUT2D eigenvalue weighted by Crippen LogP contribution is -2.28. The largest absolute Gasteiger partial charge is 0.398 e. The molecule has 24 heavy (non-hydrogen) atoms. The van der Waals surface area contributed by atoms with Gasteiger partial charge in [0.25, 0.3) is 0 Å². The van der Waals surface area contributed by atoms with E-state index in [4.69, 9.17) is 17.3 Å². The van der Waals surface area contributed by atoms with Gasteiger partial charge in [-0.15, -0.1) is 0 Å². The van der Waals surface area contributed by atoms with Gasteiger partial charge >= 0.3 is 0 Å². The summed E-state index contributed by atoms with van der Waals surface area (Å²) in [6.07, 6.45) is 4.41. The van der Waals surface area contributed by atoms with Crippen molar-refractivity contribution >= 4 is 23.0 Å². The van der Waals surface area contributed by atoms with Crippen LogP contribution in [-0.2, 0) is 0 Å². The maximum atomic E-state index is 6.08. The number of anilines is 1. The van der Waals surface area contributed by atoms with Crippen LogP contribution in [-0.4, -0.2) is 30.6 Å². The van der Waals surface area contributed by atoms with Crippen LogP contribution < -0.4 is 11.1 Å². The molecular formula is C20H36ClN3. The molecule has 0 bridgehead atoms. The lowest BCUT2D eigenvalue weighted by atomic mass is 10.1. The van der Waals surface area contributed by atoms with Crippen molar-refractivity contribution in [3.63, 3.8) is 0 Å². The molecule has 138 valence electrons. The summed E-state index contributed by atoms with van der Waals surface area (Å²) >= 11 is 5.97. The summed E-state index contributed by atoms with van der Waals surface area (Å²) in [7, 11) is 0. The molecule has 1 rings (SSSR count). The third kappa shape index (κ3) is 8.07. The Morgan fingerprint density at radius 1 is 1.29 bits per heavy atom. The predicted octanol–water partition coefficient (Wildman–Crippen LogP) is 5.41. The van der Waals surface area contributed by atoms with E-state index in [1.54, 1.807) is 6.07 Å². The summed E-state index contributed by atoms with van der Waals surface area (Å²) in [6.45, 7) is 16.1. The van der Waals surface area contributed by atoms with Crippen LogP contribution in [0.2, 0.25) is 5.02 Å². The van der Waals surface area contributed by atoms with Gasteiger partial charge in [0.05, 0.1) is 0 Å². The fraction of sp³-hybridized carbons (Fsp3) is 0.600. The highest BCUT2D eigenvalue weighted by Crippen LogP contribution is 2.24. The zero-order chi connectivity index (χ0) is 18.5. The molecule has 0 aliphatic heterocycles. The molecule has 0 aromatic heterocycles. The Bertz CT molecular complexity index is 482. The minimum atomic E-state index is 0.414. The third-order valence-electron chi connectivity index (χ3n) is 4.00. The SMILES string of the molecule is C/C=C(/NC(C)CCCN(CC)CC)c1ccc(Cl)cc1N.CC. The summed E-state index contributed by atoms with van der Waals surface area (Å²) < 4.78 is 0. The zero-order valence-corrected chi connectivity index (χ0v) is 17.1. The summed E-state index contributed by atoms with van der Waals surface area (Å²) in [5, 5.41) is 4.24. The topological polar surface area (TPSA) is 41.3 Å². The van der Waals surface area contributed by atoms with Crippen LogP contribution in [0.25, 0.3) is 5.70 Å². The molecule has 0 aliphatic rings. The van der Waals surface area contributed by atoms with Crippen LogP contribution in [0.3, 0.4) is 0 Å². The van der Waals surface area contributed by atoms with Crippen molar-refractivity contribution in [2.45, 2.75) is 60.4 Å². The fourth-order valence-corrected chi connectivity index (χ4v) is 2.77. The Labute approximate surface area is 154 Å². The highest BCUT2D eigenvalue weighted by atomic mass is 35.5. The van der Waals surface area contributed by atoms with Crippen LogP contribution in [0.5, 0.6) is 0 Å². The molecule has 0 radical (unpaired) electrons. The van der Waals surface area contributed by atoms with Gasteiger partial charge in [-0.2, -0.15) is 0 Å². The van der Waals surface area contributed by atoms with Crippen LogP contribution in [0.1, 0.15) is 59.9 Å². The molecule has 3 N–H and O–H groups in total. The van der Waals surface area contributed by atoms with Crippen molar-refractivity contribution in [1.82, 2.24) is 10.2 Å². The van der Waals surface area contributed by atoms with Gasteiger partial charge < -0.3 is 16.0 Å². The van der Waals surface area contributed by atoms with E-state index in [9.17, 15) is 0 Å². The average molecular weight is 354 g/mol. The van der Waals surface area contributed by atoms with Crippen LogP contribution in [0, 0.1) is 0 Å². The van der Waals surface area contributed by atoms with E-state index in [0.717, 1.165) is 37.3 Å². The van der Waals surface area contributed by atoms with Gasteiger partial charge in [0.15, 0.2) is 0 Å². The first-order chi connectivity index (χ1) is 11.5. The molecule has 1 aromatic carbocycles. The first-order valence-corrected chi connectivity index (χ1v) is 9.60. The standard InChI is InChI=1S/C18H30ClN3.C2H6/c1-5-18(16-11-10-15(19)13-17(16)20)21-14(4)9-8-12-22(6-2)7-3;1-2/h5,10-11,13-14,21H,6-9,12,20H2,1-4H3;1-2H3/b18-5+;. The molecule has 0 amide bonds. The molecule has 3 nitrogen and oxygen atoms in total. The van der Waals surface area contributed by atoms with E-state index in [-0.39, 0.29) is 0 Å². The van der Waals surface area contributed by atoms with Crippen molar-refractivity contribution in [3.05, 3.63) is 34.9 Å². The van der Waals surface area contributed by atoms with Gasteiger partial charge in [-0.3, -0.25) is 0 Å². The Hall–Kier alpha value is -1.19. The Balaban J connectivity index is 0.00000254. The van der Waals surface area contributed by atoms with Crippen LogP contribution in [0.4, 0.5) is 5.69 Å². The lowest BCUT2D eigenvalue weighted by Gasteiger charge is -2.22. The molecule has 0 fully saturated rings. The molecule has 0 spiro atoms. The van der Waals surface area contributed by atoms with Gasteiger partial charge in [-0.1, -0.05) is 45.4 Å². The Morgan fingerprint density at radius 2 is 1.92 bits per heavy atom. The van der Waals surface area contributed by atoms with Crippen molar-refractivity contribution in [3.8, 4) is 0 Å². The second-order valence-electron chi connectivity index (χ2n) is 5.65. The predicted molar refractivity (Wildman–Crippen MR) is 110 cm³/mol. The number of hydrogen-bond acceptors (Lipinski definition) is 3. The monoisotopic (exact) mass is 353 g/mol. The number of nitrogens with two attached hydrogens (primary N) is 1. The quantitative estimate of drug-likeness (QED) is 0.583. The number of halogens is 1. The molecule has 1 unspecified atom stereocenters. The van der Waals surface area contributed by atoms with Gasteiger partial charge in [0.2, 0.25) is 0 Å². The second-order valence-corrected chi connectivity index (χ2v) is 6.08. The molecule has 0 saturated heterocycles. The van der Waals surface area contributed by atoms with Crippen LogP contribution in [0.15, 0.2) is 24.3 Å². The second kappa shape index (κ2) is 13.1. The van der Waals surface area contributed by atoms with Gasteiger partial charge in [-0.05, 0) is 64.5 Å². The average Bonchev–Trinajstić information content (AvgIpc) is 2.59. The minimum absolute atomic E-state index is 0.414. The van der Waals surface area contributed by atoms with E-state index >= 15 is 0 Å². The van der Waals surface area contributed by atoms with Crippen molar-refractivity contribution in [2.24, 2.45) is 0 Å². The third-order valence-corrected chi connectivity index (χ3v) is 4.24. The van der Waals surface area contributed by atoms with E-state index in [1.807, 2.05) is 32.9 Å². The molecule has 1 aromatic rings. The van der Waals surface area contributed by atoms with Crippen LogP contribution >= 0.6 is 11.6 Å². The molecule has 0 heterocycles. The highest BCUT2D eigenvalue weighted by molar-refractivity contribution is 6.30. The summed E-state index contributed by atoms with van der Waals surface area (Å²) in [5.74, 6) is 0. The van der Waals surface area contributed by atoms with Crippen molar-refractivity contribution in [2.75, 3.05) is 25.4 Å². The number of nitrogen functional groups attached to an aromatic ring is 1. The molecular weight excluding hydrogens is 318 g/mol. The van der Waals surface area contributed by atoms with Gasteiger partial charge in [0, 0.05) is 28.0 Å². The van der Waals surface area contributed by atoms with E-state index in [1.165, 1.54) is 6.42 Å². The molecule has 4 heteroatoms. The van der Waals surface area contributed by atoms with E-state index in [2.05, 4.69) is 37.1 Å². The molecule has 0 saturated carbocycles. The first kappa shape index (κ1) is 22.8. The minimum Gasteiger partial charge on any atom is -0.398 e. The van der Waals surface area contributed by atoms with E-state index < -0.39 is 0 Å². The summed E-state index contributed by atoms with van der Waals surface area (Å²) in [5.41, 5.74) is 8.88. The smallest absolute Gasteiger partial charge is 0.0426 e. The number of nitrogens with one attached hydrogen (secondary N) is 1. The summed E-state index contributed by atoms with van der Waals surface area (Å²) in [6, 6.07) is 6.07. The number of allylic oxidation sites excluding steroid dienone is 1. The Kier molecular flexibility index (Phi) is 12.5. The first-order valence-electron chi connectivity index (χ1n) is 9.22. The lowest BCUT2D eigenvalue weighted by molar-refractivity contribution is 0.292. The van der Waals surface area contributed by atoms with Crippen molar-refractivity contribution < 1.29 is 0 Å². The number of benzene rings is 1. The fourth-order valence-electron chi connectivity index (χ4n) is 2.59. The maximum absolute atomic E-state index is 6.08. The number of hydrogen-bond donors (Lipinski definition) is 2. The molecule has 1 atom stereocenters. The van der Waals surface area contributed by atoms with Gasteiger partial charge in [0.1, 0.15) is 0 Å². The summed E-state index contributed by atoms with van der Waals surface area (Å²) in [4.78, 5) is 2.46. The zero-order valence-electron chi connectivity index (χ0n) is 16.3. The number of nitrogens with zero attached hydrogens (tertiary/aromatic N) is 1. The highest BCUT2D eigenvalue weighted by Gasteiger charge is 2.09. The number of rotatable bonds is 9. The normalized spacial score (nSPS) is 12.6. The van der Waals surface area contributed by atoms with E-state index in [0.29, 0.717) is 16.8 Å². The molecule has 0 aliphatic carbocycles. The van der Waals surface area contributed by atoms with Crippen molar-refractivity contribution in [1.29, 1.82) is 0 Å².